The molecule has 0 heterocycles. The van der Waals surface area contributed by atoms with E-state index in [0.717, 1.165) is 0 Å². The first-order valence-electron chi connectivity index (χ1n) is 5.80. The van der Waals surface area contributed by atoms with Crippen molar-refractivity contribution in [1.82, 2.24) is 0 Å². The standard InChI is InChI=1S/C13H20N2O2/c1-4-13(14,5-2)12(17)15(3)10-7-6-8-11(16)9-10/h6-9,16H,4-5,14H2,1-3H3. The van der Waals surface area contributed by atoms with E-state index in [9.17, 15) is 9.90 Å². The lowest BCUT2D eigenvalue weighted by molar-refractivity contribution is -0.123. The normalized spacial score (nSPS) is 11.3. The molecule has 0 aromatic heterocycles. The van der Waals surface area contributed by atoms with Crippen LogP contribution in [0, 0.1) is 0 Å². The van der Waals surface area contributed by atoms with Gasteiger partial charge in [0.25, 0.3) is 0 Å². The highest BCUT2D eigenvalue weighted by molar-refractivity contribution is 5.99. The zero-order valence-electron chi connectivity index (χ0n) is 10.6. The van der Waals surface area contributed by atoms with Crippen LogP contribution in [0.2, 0.25) is 0 Å². The molecule has 1 amide bonds. The topological polar surface area (TPSA) is 66.6 Å². The van der Waals surface area contributed by atoms with Gasteiger partial charge in [0.05, 0.1) is 5.54 Å². The van der Waals surface area contributed by atoms with E-state index in [-0.39, 0.29) is 11.7 Å². The predicted molar refractivity (Wildman–Crippen MR) is 69.0 cm³/mol. The van der Waals surface area contributed by atoms with Gasteiger partial charge in [-0.1, -0.05) is 19.9 Å². The molecule has 0 unspecified atom stereocenters. The maximum absolute atomic E-state index is 12.3. The first-order valence-corrected chi connectivity index (χ1v) is 5.80. The summed E-state index contributed by atoms with van der Waals surface area (Å²) in [6, 6.07) is 6.58. The van der Waals surface area contributed by atoms with Crippen molar-refractivity contribution in [3.63, 3.8) is 0 Å². The molecule has 0 saturated heterocycles. The van der Waals surface area contributed by atoms with Crippen molar-refractivity contribution in [1.29, 1.82) is 0 Å². The molecule has 3 N–H and O–H groups in total. The molecule has 17 heavy (non-hydrogen) atoms. The van der Waals surface area contributed by atoms with Gasteiger partial charge >= 0.3 is 0 Å². The van der Waals surface area contributed by atoms with Crippen LogP contribution in [0.3, 0.4) is 0 Å². The molecular weight excluding hydrogens is 216 g/mol. The van der Waals surface area contributed by atoms with Gasteiger partial charge in [-0.15, -0.1) is 0 Å². The molecule has 0 bridgehead atoms. The van der Waals surface area contributed by atoms with Gasteiger partial charge in [-0.2, -0.15) is 0 Å². The molecular formula is C13H20N2O2. The van der Waals surface area contributed by atoms with Gasteiger partial charge in [-0.3, -0.25) is 4.79 Å². The van der Waals surface area contributed by atoms with Crippen LogP contribution < -0.4 is 10.6 Å². The van der Waals surface area contributed by atoms with E-state index in [4.69, 9.17) is 5.73 Å². The molecule has 0 fully saturated rings. The largest absolute Gasteiger partial charge is 0.508 e. The van der Waals surface area contributed by atoms with E-state index in [2.05, 4.69) is 0 Å². The van der Waals surface area contributed by atoms with Gasteiger partial charge in [0.2, 0.25) is 5.91 Å². The third kappa shape index (κ3) is 2.77. The SMILES string of the molecule is CCC(N)(CC)C(=O)N(C)c1cccc(O)c1. The lowest BCUT2D eigenvalue weighted by atomic mass is 9.92. The molecule has 0 radical (unpaired) electrons. The average Bonchev–Trinajstić information content (AvgIpc) is 2.36. The Labute approximate surface area is 102 Å². The number of amides is 1. The fourth-order valence-electron chi connectivity index (χ4n) is 1.71. The summed E-state index contributed by atoms with van der Waals surface area (Å²) in [6.07, 6.45) is 1.18. The maximum atomic E-state index is 12.3. The number of anilines is 1. The van der Waals surface area contributed by atoms with E-state index in [1.807, 2.05) is 13.8 Å². The number of carbonyl (C=O) groups is 1. The third-order valence-corrected chi connectivity index (χ3v) is 3.21. The Kier molecular flexibility index (Phi) is 4.12. The zero-order chi connectivity index (χ0) is 13.1. The van der Waals surface area contributed by atoms with Gasteiger partial charge in [-0.25, -0.2) is 0 Å². The van der Waals surface area contributed by atoms with Crippen molar-refractivity contribution in [2.75, 3.05) is 11.9 Å². The van der Waals surface area contributed by atoms with Crippen LogP contribution in [-0.2, 0) is 4.79 Å². The second kappa shape index (κ2) is 5.19. The second-order valence-electron chi connectivity index (χ2n) is 4.25. The van der Waals surface area contributed by atoms with Gasteiger partial charge in [-0.05, 0) is 25.0 Å². The maximum Gasteiger partial charge on any atom is 0.246 e. The van der Waals surface area contributed by atoms with Gasteiger partial charge in [0, 0.05) is 18.8 Å². The number of nitrogens with zero attached hydrogens (tertiary/aromatic N) is 1. The minimum absolute atomic E-state index is 0.131. The van der Waals surface area contributed by atoms with E-state index < -0.39 is 5.54 Å². The Balaban J connectivity index is 2.97. The summed E-state index contributed by atoms with van der Waals surface area (Å²) in [6.45, 7) is 3.80. The van der Waals surface area contributed by atoms with Crippen LogP contribution >= 0.6 is 0 Å². The third-order valence-electron chi connectivity index (χ3n) is 3.21. The van der Waals surface area contributed by atoms with Gasteiger partial charge < -0.3 is 15.7 Å². The van der Waals surface area contributed by atoms with Crippen LogP contribution in [0.1, 0.15) is 26.7 Å². The number of benzene rings is 1. The number of hydrogen-bond donors (Lipinski definition) is 2. The number of likely N-dealkylation sites (N-methyl/N-ethyl adjacent to an activating group) is 1. The number of hydrogen-bond acceptors (Lipinski definition) is 3. The number of carbonyl (C=O) groups excluding carboxylic acids is 1. The number of rotatable bonds is 4. The van der Waals surface area contributed by atoms with E-state index in [1.54, 1.807) is 31.3 Å². The summed E-state index contributed by atoms with van der Waals surface area (Å²) in [7, 11) is 1.67. The summed E-state index contributed by atoms with van der Waals surface area (Å²) in [4.78, 5) is 13.8. The molecule has 0 saturated carbocycles. The minimum atomic E-state index is -0.833. The summed E-state index contributed by atoms with van der Waals surface area (Å²) in [5.41, 5.74) is 5.87. The molecule has 1 rings (SSSR count). The van der Waals surface area contributed by atoms with Crippen LogP contribution in [-0.4, -0.2) is 23.6 Å². The summed E-state index contributed by atoms with van der Waals surface area (Å²) >= 11 is 0. The van der Waals surface area contributed by atoms with Crippen molar-refractivity contribution in [3.8, 4) is 5.75 Å². The van der Waals surface area contributed by atoms with E-state index in [0.29, 0.717) is 18.5 Å². The highest BCUT2D eigenvalue weighted by atomic mass is 16.3. The van der Waals surface area contributed by atoms with Crippen LogP contribution in [0.5, 0.6) is 5.75 Å². The Bertz CT molecular complexity index is 400. The number of aromatic hydroxyl groups is 1. The van der Waals surface area contributed by atoms with E-state index >= 15 is 0 Å². The monoisotopic (exact) mass is 236 g/mol. The smallest absolute Gasteiger partial charge is 0.246 e. The molecule has 4 nitrogen and oxygen atoms in total. The number of phenolic OH excluding ortho intramolecular Hbond substituents is 1. The van der Waals surface area contributed by atoms with Gasteiger partial charge in [0.15, 0.2) is 0 Å². The molecule has 0 aliphatic heterocycles. The zero-order valence-corrected chi connectivity index (χ0v) is 10.6. The fraction of sp³-hybridized carbons (Fsp3) is 0.462. The molecule has 0 atom stereocenters. The Hall–Kier alpha value is -1.55. The van der Waals surface area contributed by atoms with Crippen molar-refractivity contribution in [2.45, 2.75) is 32.2 Å². The van der Waals surface area contributed by atoms with Crippen molar-refractivity contribution in [2.24, 2.45) is 5.73 Å². The number of nitrogens with two attached hydrogens (primary N) is 1. The molecule has 0 aliphatic rings. The highest BCUT2D eigenvalue weighted by Gasteiger charge is 2.33. The Morgan fingerprint density at radius 2 is 2.00 bits per heavy atom. The van der Waals surface area contributed by atoms with Crippen LogP contribution in [0.4, 0.5) is 5.69 Å². The lowest BCUT2D eigenvalue weighted by Crippen LogP contribution is -2.53. The van der Waals surface area contributed by atoms with Crippen molar-refractivity contribution in [3.05, 3.63) is 24.3 Å². The lowest BCUT2D eigenvalue weighted by Gasteiger charge is -2.30. The number of phenols is 1. The molecule has 1 aromatic carbocycles. The molecule has 0 spiro atoms. The average molecular weight is 236 g/mol. The Morgan fingerprint density at radius 3 is 2.47 bits per heavy atom. The van der Waals surface area contributed by atoms with Crippen LogP contribution in [0.25, 0.3) is 0 Å². The molecule has 94 valence electrons. The quantitative estimate of drug-likeness (QED) is 0.838. The first kappa shape index (κ1) is 13.5. The predicted octanol–water partition coefficient (Wildman–Crippen LogP) is 1.87. The summed E-state index contributed by atoms with van der Waals surface area (Å²) < 4.78 is 0. The van der Waals surface area contributed by atoms with Gasteiger partial charge in [0.1, 0.15) is 5.75 Å². The second-order valence-corrected chi connectivity index (χ2v) is 4.25. The van der Waals surface area contributed by atoms with E-state index in [1.165, 1.54) is 4.90 Å². The summed E-state index contributed by atoms with van der Waals surface area (Å²) in [5, 5.41) is 9.39. The van der Waals surface area contributed by atoms with Crippen molar-refractivity contribution >= 4 is 11.6 Å². The summed E-state index contributed by atoms with van der Waals surface area (Å²) in [5.74, 6) is 0.00543. The molecule has 0 aliphatic carbocycles. The molecule has 4 heteroatoms. The van der Waals surface area contributed by atoms with Crippen molar-refractivity contribution < 1.29 is 9.90 Å². The first-order chi connectivity index (χ1) is 7.94. The van der Waals surface area contributed by atoms with Crippen LogP contribution in [0.15, 0.2) is 24.3 Å². The molecule has 1 aromatic rings. The minimum Gasteiger partial charge on any atom is -0.508 e. The Morgan fingerprint density at radius 1 is 1.41 bits per heavy atom. The fourth-order valence-corrected chi connectivity index (χ4v) is 1.71. The highest BCUT2D eigenvalue weighted by Crippen LogP contribution is 2.23.